The molecule has 0 spiro atoms. The molecule has 1 saturated carbocycles. The first-order chi connectivity index (χ1) is 8.74. The molecule has 0 aromatic heterocycles. The maximum absolute atomic E-state index is 6.13. The van der Waals surface area contributed by atoms with Gasteiger partial charge >= 0.3 is 0 Å². The summed E-state index contributed by atoms with van der Waals surface area (Å²) in [7, 11) is 0. The normalized spacial score (nSPS) is 20.1. The van der Waals surface area contributed by atoms with Crippen LogP contribution in [0, 0.1) is 5.41 Å². The summed E-state index contributed by atoms with van der Waals surface area (Å²) >= 11 is 3.50. The third-order valence-electron chi connectivity index (χ3n) is 4.34. The van der Waals surface area contributed by atoms with Crippen molar-refractivity contribution < 1.29 is 0 Å². The predicted molar refractivity (Wildman–Crippen MR) is 81.7 cm³/mol. The van der Waals surface area contributed by atoms with E-state index >= 15 is 0 Å². The molecule has 1 fully saturated rings. The van der Waals surface area contributed by atoms with Crippen molar-refractivity contribution in [1.82, 2.24) is 0 Å². The second-order valence-corrected chi connectivity index (χ2v) is 6.69. The number of benzene rings is 1. The van der Waals surface area contributed by atoms with Crippen LogP contribution < -0.4 is 5.73 Å². The minimum Gasteiger partial charge on any atom is -0.330 e. The summed E-state index contributed by atoms with van der Waals surface area (Å²) in [6.45, 7) is 0.836. The SMILES string of the molecule is NCC1(Cc2ccc(Br)cc2)CCCCCCC1. The second kappa shape index (κ2) is 6.72. The molecule has 18 heavy (non-hydrogen) atoms. The number of hydrogen-bond donors (Lipinski definition) is 1. The molecule has 0 unspecified atom stereocenters. The number of hydrogen-bond acceptors (Lipinski definition) is 1. The number of halogens is 1. The van der Waals surface area contributed by atoms with Gasteiger partial charge in [-0.15, -0.1) is 0 Å². The van der Waals surface area contributed by atoms with Crippen LogP contribution in [0.5, 0.6) is 0 Å². The van der Waals surface area contributed by atoms with Gasteiger partial charge in [-0.3, -0.25) is 0 Å². The van der Waals surface area contributed by atoms with Crippen molar-refractivity contribution in [2.45, 2.75) is 51.4 Å². The van der Waals surface area contributed by atoms with Crippen molar-refractivity contribution in [2.24, 2.45) is 11.1 Å². The summed E-state index contributed by atoms with van der Waals surface area (Å²) in [6.07, 6.45) is 10.7. The van der Waals surface area contributed by atoms with Gasteiger partial charge in [0, 0.05) is 4.47 Å². The zero-order valence-electron chi connectivity index (χ0n) is 11.1. The molecule has 2 rings (SSSR count). The fourth-order valence-electron chi connectivity index (χ4n) is 3.14. The average molecular weight is 310 g/mol. The predicted octanol–water partition coefficient (Wildman–Crippen LogP) is 4.68. The summed E-state index contributed by atoms with van der Waals surface area (Å²) in [5.41, 5.74) is 7.92. The summed E-state index contributed by atoms with van der Waals surface area (Å²) in [5.74, 6) is 0. The van der Waals surface area contributed by atoms with Crippen LogP contribution >= 0.6 is 15.9 Å². The van der Waals surface area contributed by atoms with Crippen molar-refractivity contribution in [1.29, 1.82) is 0 Å². The van der Waals surface area contributed by atoms with Crippen molar-refractivity contribution in [3.63, 3.8) is 0 Å². The molecule has 0 radical (unpaired) electrons. The summed E-state index contributed by atoms with van der Waals surface area (Å²) in [5, 5.41) is 0. The first kappa shape index (κ1) is 14.1. The van der Waals surface area contributed by atoms with Crippen LogP contribution in [0.3, 0.4) is 0 Å². The van der Waals surface area contributed by atoms with Crippen LogP contribution in [-0.4, -0.2) is 6.54 Å². The lowest BCUT2D eigenvalue weighted by Gasteiger charge is -2.34. The fraction of sp³-hybridized carbons (Fsp3) is 0.625. The third-order valence-corrected chi connectivity index (χ3v) is 4.87. The van der Waals surface area contributed by atoms with Gasteiger partial charge < -0.3 is 5.73 Å². The Hall–Kier alpha value is -0.340. The maximum Gasteiger partial charge on any atom is 0.0175 e. The standard InChI is InChI=1S/C16H24BrN/c17-15-8-6-14(7-9-15)12-16(13-18)10-4-2-1-3-5-11-16/h6-9H,1-5,10-13,18H2. The van der Waals surface area contributed by atoms with Gasteiger partial charge in [-0.2, -0.15) is 0 Å². The molecule has 0 atom stereocenters. The smallest absolute Gasteiger partial charge is 0.0175 e. The van der Waals surface area contributed by atoms with Crippen molar-refractivity contribution in [2.75, 3.05) is 6.54 Å². The Morgan fingerprint density at radius 1 is 0.944 bits per heavy atom. The Balaban J connectivity index is 2.07. The summed E-state index contributed by atoms with van der Waals surface area (Å²) in [4.78, 5) is 0. The van der Waals surface area contributed by atoms with Crippen molar-refractivity contribution in [3.05, 3.63) is 34.3 Å². The molecule has 0 amide bonds. The minimum absolute atomic E-state index is 0.355. The Morgan fingerprint density at radius 3 is 2.06 bits per heavy atom. The van der Waals surface area contributed by atoms with Gasteiger partial charge in [0.25, 0.3) is 0 Å². The Morgan fingerprint density at radius 2 is 1.50 bits per heavy atom. The Bertz CT molecular complexity index is 350. The molecule has 1 aromatic rings. The summed E-state index contributed by atoms with van der Waals surface area (Å²) in [6, 6.07) is 8.76. The molecule has 1 nitrogen and oxygen atoms in total. The average Bonchev–Trinajstić information content (AvgIpc) is 2.36. The zero-order valence-corrected chi connectivity index (χ0v) is 12.7. The van der Waals surface area contributed by atoms with Gasteiger partial charge in [-0.05, 0) is 48.9 Å². The molecule has 1 aliphatic rings. The van der Waals surface area contributed by atoms with Crippen LogP contribution in [0.1, 0.15) is 50.5 Å². The Kier molecular flexibility index (Phi) is 5.25. The van der Waals surface area contributed by atoms with E-state index in [0.29, 0.717) is 5.41 Å². The van der Waals surface area contributed by atoms with Crippen molar-refractivity contribution >= 4 is 15.9 Å². The van der Waals surface area contributed by atoms with E-state index in [1.54, 1.807) is 0 Å². The highest BCUT2D eigenvalue weighted by atomic mass is 79.9. The van der Waals surface area contributed by atoms with Crippen LogP contribution in [0.15, 0.2) is 28.7 Å². The molecule has 2 heteroatoms. The van der Waals surface area contributed by atoms with E-state index in [4.69, 9.17) is 5.73 Å². The number of rotatable bonds is 3. The molecular weight excluding hydrogens is 286 g/mol. The minimum atomic E-state index is 0.355. The first-order valence-corrected chi connectivity index (χ1v) is 7.98. The molecule has 100 valence electrons. The lowest BCUT2D eigenvalue weighted by Crippen LogP contribution is -2.33. The highest BCUT2D eigenvalue weighted by Crippen LogP contribution is 2.36. The van der Waals surface area contributed by atoms with Gasteiger partial charge in [0.05, 0.1) is 0 Å². The van der Waals surface area contributed by atoms with Crippen LogP contribution in [0.25, 0.3) is 0 Å². The summed E-state index contributed by atoms with van der Waals surface area (Å²) < 4.78 is 1.16. The van der Waals surface area contributed by atoms with E-state index in [1.807, 2.05) is 0 Å². The monoisotopic (exact) mass is 309 g/mol. The van der Waals surface area contributed by atoms with E-state index in [9.17, 15) is 0 Å². The van der Waals surface area contributed by atoms with Crippen LogP contribution in [0.4, 0.5) is 0 Å². The molecule has 1 aliphatic carbocycles. The second-order valence-electron chi connectivity index (χ2n) is 5.78. The zero-order chi connectivity index (χ0) is 12.8. The molecule has 2 N–H and O–H groups in total. The number of nitrogens with two attached hydrogens (primary N) is 1. The van der Waals surface area contributed by atoms with Crippen LogP contribution in [0.2, 0.25) is 0 Å². The molecular formula is C16H24BrN. The van der Waals surface area contributed by atoms with E-state index in [-0.39, 0.29) is 0 Å². The van der Waals surface area contributed by atoms with Gasteiger partial charge in [-0.1, -0.05) is 60.2 Å². The molecule has 0 saturated heterocycles. The van der Waals surface area contributed by atoms with Gasteiger partial charge in [0.1, 0.15) is 0 Å². The lowest BCUT2D eigenvalue weighted by atomic mass is 9.72. The Labute approximate surface area is 119 Å². The van der Waals surface area contributed by atoms with E-state index in [0.717, 1.165) is 17.4 Å². The quantitative estimate of drug-likeness (QED) is 0.862. The molecule has 1 aromatic carbocycles. The molecule has 0 bridgehead atoms. The van der Waals surface area contributed by atoms with E-state index in [2.05, 4.69) is 40.2 Å². The topological polar surface area (TPSA) is 26.0 Å². The highest BCUT2D eigenvalue weighted by Gasteiger charge is 2.28. The van der Waals surface area contributed by atoms with E-state index in [1.165, 1.54) is 50.5 Å². The third kappa shape index (κ3) is 3.83. The maximum atomic E-state index is 6.13. The highest BCUT2D eigenvalue weighted by molar-refractivity contribution is 9.10. The van der Waals surface area contributed by atoms with Crippen molar-refractivity contribution in [3.8, 4) is 0 Å². The molecule has 0 heterocycles. The first-order valence-electron chi connectivity index (χ1n) is 7.19. The van der Waals surface area contributed by atoms with Gasteiger partial charge in [0.2, 0.25) is 0 Å². The van der Waals surface area contributed by atoms with Gasteiger partial charge in [-0.25, -0.2) is 0 Å². The van der Waals surface area contributed by atoms with Gasteiger partial charge in [0.15, 0.2) is 0 Å². The van der Waals surface area contributed by atoms with Crippen LogP contribution in [-0.2, 0) is 6.42 Å². The lowest BCUT2D eigenvalue weighted by molar-refractivity contribution is 0.217. The molecule has 0 aliphatic heterocycles. The van der Waals surface area contributed by atoms with E-state index < -0.39 is 0 Å². The fourth-order valence-corrected chi connectivity index (χ4v) is 3.41. The largest absolute Gasteiger partial charge is 0.330 e.